The highest BCUT2D eigenvalue weighted by molar-refractivity contribution is 5.83. The minimum atomic E-state index is -0.858. The van der Waals surface area contributed by atoms with Crippen molar-refractivity contribution in [1.82, 2.24) is 9.80 Å². The first kappa shape index (κ1) is 15.1. The van der Waals surface area contributed by atoms with E-state index in [0.717, 1.165) is 38.6 Å². The van der Waals surface area contributed by atoms with Crippen LogP contribution in [0.15, 0.2) is 0 Å². The van der Waals surface area contributed by atoms with E-state index in [1.54, 1.807) is 4.90 Å². The third kappa shape index (κ3) is 2.91. The van der Waals surface area contributed by atoms with Gasteiger partial charge in [-0.2, -0.15) is 0 Å². The molecule has 0 saturated carbocycles. The van der Waals surface area contributed by atoms with E-state index < -0.39 is 12.0 Å². The Morgan fingerprint density at radius 3 is 2.45 bits per heavy atom. The lowest BCUT2D eigenvalue weighted by molar-refractivity contribution is -0.144. The van der Waals surface area contributed by atoms with Crippen molar-refractivity contribution in [2.45, 2.75) is 64.5 Å². The van der Waals surface area contributed by atoms with Gasteiger partial charge >= 0.3 is 12.0 Å². The van der Waals surface area contributed by atoms with E-state index in [-0.39, 0.29) is 6.03 Å². The molecule has 0 aromatic carbocycles. The lowest BCUT2D eigenvalue weighted by atomic mass is 9.89. The Bertz CT molecular complexity index is 372. The van der Waals surface area contributed by atoms with Gasteiger partial charge < -0.3 is 14.9 Å². The number of nitrogens with zero attached hydrogens (tertiary/aromatic N) is 2. The molecule has 2 saturated heterocycles. The fourth-order valence-electron chi connectivity index (χ4n) is 3.55. The number of hydrogen-bond acceptors (Lipinski definition) is 2. The number of urea groups is 1. The molecular formula is C15H26N2O3. The molecule has 3 unspecified atom stereocenters. The van der Waals surface area contributed by atoms with Gasteiger partial charge in [0.05, 0.1) is 0 Å². The molecule has 20 heavy (non-hydrogen) atoms. The summed E-state index contributed by atoms with van der Waals surface area (Å²) in [4.78, 5) is 27.6. The summed E-state index contributed by atoms with van der Waals surface area (Å²) in [6.07, 6.45) is 5.56. The lowest BCUT2D eigenvalue weighted by Gasteiger charge is -2.40. The first-order valence-corrected chi connectivity index (χ1v) is 7.88. The summed E-state index contributed by atoms with van der Waals surface area (Å²) in [7, 11) is 0. The van der Waals surface area contributed by atoms with Crippen LogP contribution in [0.4, 0.5) is 4.79 Å². The molecule has 0 aromatic heterocycles. The van der Waals surface area contributed by atoms with E-state index in [9.17, 15) is 14.7 Å². The van der Waals surface area contributed by atoms with Crippen molar-refractivity contribution in [1.29, 1.82) is 0 Å². The number of carbonyl (C=O) groups is 2. The van der Waals surface area contributed by atoms with Crippen molar-refractivity contribution in [3.05, 3.63) is 0 Å². The molecule has 0 spiro atoms. The van der Waals surface area contributed by atoms with Gasteiger partial charge in [0.25, 0.3) is 0 Å². The molecule has 2 amide bonds. The minimum absolute atomic E-state index is 0.0590. The quantitative estimate of drug-likeness (QED) is 0.865. The van der Waals surface area contributed by atoms with Crippen LogP contribution >= 0.6 is 0 Å². The minimum Gasteiger partial charge on any atom is -0.480 e. The molecule has 0 radical (unpaired) electrons. The molecule has 5 nitrogen and oxygen atoms in total. The van der Waals surface area contributed by atoms with Crippen LogP contribution in [0.1, 0.15) is 52.4 Å². The molecule has 114 valence electrons. The smallest absolute Gasteiger partial charge is 0.326 e. The van der Waals surface area contributed by atoms with Gasteiger partial charge in [0.15, 0.2) is 0 Å². The Morgan fingerprint density at radius 1 is 1.10 bits per heavy atom. The predicted octanol–water partition coefficient (Wildman–Crippen LogP) is 2.56. The zero-order valence-electron chi connectivity index (χ0n) is 12.5. The Morgan fingerprint density at radius 2 is 1.85 bits per heavy atom. The number of carboxylic acid groups (broad SMARTS) is 1. The number of hydrogen-bond donors (Lipinski definition) is 1. The van der Waals surface area contributed by atoms with Gasteiger partial charge in [-0.1, -0.05) is 20.3 Å². The standard InChI is InChI=1S/C15H26N2O3/c1-3-11-7-9-17(13(10-11)14(18)19)15(20)16-8-5-6-12(16)4-2/h11-13H,3-10H2,1-2H3,(H,18,19). The van der Waals surface area contributed by atoms with E-state index >= 15 is 0 Å². The van der Waals surface area contributed by atoms with Crippen molar-refractivity contribution in [2.24, 2.45) is 5.92 Å². The second kappa shape index (κ2) is 6.46. The molecule has 2 fully saturated rings. The van der Waals surface area contributed by atoms with Gasteiger partial charge in [0, 0.05) is 19.1 Å². The molecule has 2 heterocycles. The Labute approximate surface area is 120 Å². The summed E-state index contributed by atoms with van der Waals surface area (Å²) < 4.78 is 0. The second-order valence-corrected chi connectivity index (χ2v) is 6.03. The van der Waals surface area contributed by atoms with Gasteiger partial charge in [0.2, 0.25) is 0 Å². The van der Waals surface area contributed by atoms with E-state index in [0.29, 0.717) is 24.9 Å². The van der Waals surface area contributed by atoms with Crippen molar-refractivity contribution < 1.29 is 14.7 Å². The third-order valence-corrected chi connectivity index (χ3v) is 4.91. The van der Waals surface area contributed by atoms with Gasteiger partial charge in [-0.3, -0.25) is 0 Å². The van der Waals surface area contributed by atoms with E-state index in [1.165, 1.54) is 0 Å². The fourth-order valence-corrected chi connectivity index (χ4v) is 3.55. The summed E-state index contributed by atoms with van der Waals surface area (Å²) in [5.41, 5.74) is 0. The molecule has 2 rings (SSSR count). The molecule has 0 bridgehead atoms. The number of amides is 2. The van der Waals surface area contributed by atoms with Gasteiger partial charge in [-0.15, -0.1) is 0 Å². The zero-order valence-corrected chi connectivity index (χ0v) is 12.5. The van der Waals surface area contributed by atoms with Crippen LogP contribution in [0.3, 0.4) is 0 Å². The van der Waals surface area contributed by atoms with Crippen molar-refractivity contribution in [3.63, 3.8) is 0 Å². The van der Waals surface area contributed by atoms with E-state index in [4.69, 9.17) is 0 Å². The van der Waals surface area contributed by atoms with Crippen molar-refractivity contribution in [2.75, 3.05) is 13.1 Å². The third-order valence-electron chi connectivity index (χ3n) is 4.91. The lowest BCUT2D eigenvalue weighted by Crippen LogP contribution is -2.55. The average molecular weight is 282 g/mol. The molecule has 5 heteroatoms. The van der Waals surface area contributed by atoms with Crippen LogP contribution in [-0.4, -0.2) is 52.1 Å². The molecule has 2 aliphatic heterocycles. The molecule has 1 N–H and O–H groups in total. The monoisotopic (exact) mass is 282 g/mol. The average Bonchev–Trinajstić information content (AvgIpc) is 2.94. The number of aliphatic carboxylic acids is 1. The fraction of sp³-hybridized carbons (Fsp3) is 0.867. The Kier molecular flexibility index (Phi) is 4.89. The molecule has 3 atom stereocenters. The number of likely N-dealkylation sites (tertiary alicyclic amines) is 2. The summed E-state index contributed by atoms with van der Waals surface area (Å²) >= 11 is 0. The molecule has 0 aliphatic carbocycles. The molecular weight excluding hydrogens is 256 g/mol. The van der Waals surface area contributed by atoms with Crippen LogP contribution in [0.5, 0.6) is 0 Å². The van der Waals surface area contributed by atoms with Gasteiger partial charge in [-0.25, -0.2) is 9.59 Å². The van der Waals surface area contributed by atoms with E-state index in [2.05, 4.69) is 13.8 Å². The summed E-state index contributed by atoms with van der Waals surface area (Å²) in [6, 6.07) is -0.406. The highest BCUT2D eigenvalue weighted by atomic mass is 16.4. The highest BCUT2D eigenvalue weighted by Gasteiger charge is 2.39. The number of piperidine rings is 1. The predicted molar refractivity (Wildman–Crippen MR) is 76.6 cm³/mol. The maximum absolute atomic E-state index is 12.7. The van der Waals surface area contributed by atoms with Gasteiger partial charge in [-0.05, 0) is 38.0 Å². The van der Waals surface area contributed by atoms with Gasteiger partial charge in [0.1, 0.15) is 6.04 Å². The van der Waals surface area contributed by atoms with Crippen LogP contribution in [0, 0.1) is 5.92 Å². The van der Waals surface area contributed by atoms with Crippen molar-refractivity contribution >= 4 is 12.0 Å². The summed E-state index contributed by atoms with van der Waals surface area (Å²) in [6.45, 7) is 5.54. The second-order valence-electron chi connectivity index (χ2n) is 6.03. The first-order chi connectivity index (χ1) is 9.58. The Balaban J connectivity index is 2.09. The molecule has 2 aliphatic rings. The molecule has 0 aromatic rings. The maximum Gasteiger partial charge on any atom is 0.326 e. The van der Waals surface area contributed by atoms with Crippen LogP contribution in [0.2, 0.25) is 0 Å². The van der Waals surface area contributed by atoms with E-state index in [1.807, 2.05) is 4.90 Å². The SMILES string of the molecule is CCC1CCN(C(=O)N2CCCC2CC)C(C(=O)O)C1. The van der Waals surface area contributed by atoms with Crippen molar-refractivity contribution in [3.8, 4) is 0 Å². The maximum atomic E-state index is 12.7. The number of rotatable bonds is 3. The highest BCUT2D eigenvalue weighted by Crippen LogP contribution is 2.29. The Hall–Kier alpha value is -1.26. The number of carboxylic acids is 1. The topological polar surface area (TPSA) is 60.9 Å². The van der Waals surface area contributed by atoms with Crippen LogP contribution in [0.25, 0.3) is 0 Å². The summed E-state index contributed by atoms with van der Waals surface area (Å²) in [5.74, 6) is -0.426. The van der Waals surface area contributed by atoms with Crippen LogP contribution in [-0.2, 0) is 4.79 Å². The van der Waals surface area contributed by atoms with Crippen LogP contribution < -0.4 is 0 Å². The largest absolute Gasteiger partial charge is 0.480 e. The zero-order chi connectivity index (χ0) is 14.7. The summed E-state index contributed by atoms with van der Waals surface area (Å²) in [5, 5.41) is 9.42. The number of carbonyl (C=O) groups excluding carboxylic acids is 1. The normalized spacial score (nSPS) is 30.6. The first-order valence-electron chi connectivity index (χ1n) is 7.88.